The van der Waals surface area contributed by atoms with Crippen LogP contribution < -0.4 is 10.5 Å². The number of hydrogen-bond donors (Lipinski definition) is 2. The molecule has 0 saturated heterocycles. The van der Waals surface area contributed by atoms with Crippen molar-refractivity contribution >= 4 is 15.7 Å². The minimum Gasteiger partial charge on any atom is -0.507 e. The number of carbonyl (C=O) groups excluding carboxylic acids is 1. The Labute approximate surface area is 160 Å². The van der Waals surface area contributed by atoms with Crippen molar-refractivity contribution in [1.82, 2.24) is 14.8 Å². The fraction of sp³-hybridized carbons (Fsp3) is 0.167. The number of nitrogens with two attached hydrogens (primary N) is 1. The maximum atomic E-state index is 12.1. The lowest BCUT2D eigenvalue weighted by Crippen LogP contribution is -2.17. The van der Waals surface area contributed by atoms with E-state index in [1.54, 1.807) is 24.3 Å². The number of hydrogen-bond acceptors (Lipinski definition) is 7. The zero-order valence-electron chi connectivity index (χ0n) is 14.8. The summed E-state index contributed by atoms with van der Waals surface area (Å²) in [5.41, 5.74) is 6.56. The Morgan fingerprint density at radius 1 is 1.18 bits per heavy atom. The average molecular weight is 400 g/mol. The molecule has 10 heteroatoms. The van der Waals surface area contributed by atoms with Gasteiger partial charge in [-0.05, 0) is 42.8 Å². The van der Waals surface area contributed by atoms with Crippen LogP contribution in [0.5, 0.6) is 11.5 Å². The smallest absolute Gasteiger partial charge is 0.287 e. The molecule has 1 aliphatic heterocycles. The van der Waals surface area contributed by atoms with Crippen LogP contribution in [0.1, 0.15) is 16.2 Å². The van der Waals surface area contributed by atoms with Gasteiger partial charge in [-0.1, -0.05) is 0 Å². The summed E-state index contributed by atoms with van der Waals surface area (Å²) in [5.74, 6) is -0.382. The summed E-state index contributed by atoms with van der Waals surface area (Å²) in [6.07, 6.45) is 0.205. The number of aromatic hydroxyl groups is 1. The van der Waals surface area contributed by atoms with Crippen LogP contribution in [-0.4, -0.2) is 47.1 Å². The van der Waals surface area contributed by atoms with Gasteiger partial charge in [-0.3, -0.25) is 9.36 Å². The highest BCUT2D eigenvalue weighted by molar-refractivity contribution is 7.91. The summed E-state index contributed by atoms with van der Waals surface area (Å²) in [4.78, 5) is 12.0. The molecule has 28 heavy (non-hydrogen) atoms. The predicted molar refractivity (Wildman–Crippen MR) is 99.3 cm³/mol. The van der Waals surface area contributed by atoms with Gasteiger partial charge in [-0.2, -0.15) is 0 Å². The number of carbonyl (C=O) groups is 1. The third-order valence-corrected chi connectivity index (χ3v) is 6.44. The Morgan fingerprint density at radius 3 is 2.54 bits per heavy atom. The van der Waals surface area contributed by atoms with E-state index in [-0.39, 0.29) is 40.0 Å². The zero-order chi connectivity index (χ0) is 20.1. The SMILES string of the molecule is COc1ccc(-n2c(C(N)=O)nnc2-c2ccc3c(c2O)CCS3(=O)=O)cc1. The summed E-state index contributed by atoms with van der Waals surface area (Å²) in [6, 6.07) is 9.65. The fourth-order valence-electron chi connectivity index (χ4n) is 3.27. The first-order valence-electron chi connectivity index (χ1n) is 8.31. The lowest BCUT2D eigenvalue weighted by molar-refractivity contribution is 0.0988. The normalized spacial score (nSPS) is 14.6. The van der Waals surface area contributed by atoms with E-state index < -0.39 is 15.7 Å². The maximum absolute atomic E-state index is 12.1. The Balaban J connectivity index is 1.94. The molecule has 1 amide bonds. The number of aromatic nitrogens is 3. The first-order valence-corrected chi connectivity index (χ1v) is 9.96. The van der Waals surface area contributed by atoms with Gasteiger partial charge in [0, 0.05) is 11.3 Å². The van der Waals surface area contributed by atoms with E-state index in [0.717, 1.165) is 0 Å². The molecule has 9 nitrogen and oxygen atoms in total. The average Bonchev–Trinajstić information content (AvgIpc) is 3.24. The van der Waals surface area contributed by atoms with Gasteiger partial charge in [0.15, 0.2) is 15.7 Å². The molecular formula is C18H16N4O5S. The van der Waals surface area contributed by atoms with Gasteiger partial charge in [-0.15, -0.1) is 10.2 Å². The molecule has 0 aliphatic carbocycles. The minimum absolute atomic E-state index is 0.0585. The van der Waals surface area contributed by atoms with Crippen LogP contribution in [-0.2, 0) is 16.3 Å². The summed E-state index contributed by atoms with van der Waals surface area (Å²) >= 11 is 0. The second kappa shape index (κ2) is 6.34. The first-order chi connectivity index (χ1) is 13.3. The number of rotatable bonds is 4. The molecule has 4 rings (SSSR count). The van der Waals surface area contributed by atoms with E-state index in [4.69, 9.17) is 10.5 Å². The lowest BCUT2D eigenvalue weighted by Gasteiger charge is -2.12. The van der Waals surface area contributed by atoms with E-state index >= 15 is 0 Å². The van der Waals surface area contributed by atoms with E-state index in [2.05, 4.69) is 10.2 Å². The Bertz CT molecular complexity index is 1200. The lowest BCUT2D eigenvalue weighted by atomic mass is 10.1. The molecule has 0 fully saturated rings. The zero-order valence-corrected chi connectivity index (χ0v) is 15.6. The van der Waals surface area contributed by atoms with Crippen molar-refractivity contribution in [3.8, 4) is 28.6 Å². The molecular weight excluding hydrogens is 384 g/mol. The molecule has 0 spiro atoms. The number of primary amides is 1. The Morgan fingerprint density at radius 2 is 1.89 bits per heavy atom. The van der Waals surface area contributed by atoms with Crippen molar-refractivity contribution in [3.63, 3.8) is 0 Å². The van der Waals surface area contributed by atoms with Crippen LogP contribution in [0.2, 0.25) is 0 Å². The number of phenolic OH excluding ortho intramolecular Hbond substituents is 1. The monoisotopic (exact) mass is 400 g/mol. The molecule has 144 valence electrons. The summed E-state index contributed by atoms with van der Waals surface area (Å²) < 4.78 is 30.7. The first kappa shape index (κ1) is 18.0. The van der Waals surface area contributed by atoms with Crippen LogP contribution in [0.15, 0.2) is 41.3 Å². The largest absolute Gasteiger partial charge is 0.507 e. The minimum atomic E-state index is -3.40. The summed E-state index contributed by atoms with van der Waals surface area (Å²) in [7, 11) is -1.86. The quantitative estimate of drug-likeness (QED) is 0.668. The number of phenols is 1. The van der Waals surface area contributed by atoms with E-state index in [0.29, 0.717) is 17.0 Å². The van der Waals surface area contributed by atoms with Gasteiger partial charge in [0.05, 0.1) is 23.3 Å². The van der Waals surface area contributed by atoms with Crippen molar-refractivity contribution < 1.29 is 23.1 Å². The highest BCUT2D eigenvalue weighted by Gasteiger charge is 2.31. The highest BCUT2D eigenvalue weighted by atomic mass is 32.2. The number of amides is 1. The molecule has 0 atom stereocenters. The molecule has 0 bridgehead atoms. The summed E-state index contributed by atoms with van der Waals surface area (Å²) in [6.45, 7) is 0. The topological polar surface area (TPSA) is 137 Å². The van der Waals surface area contributed by atoms with Gasteiger partial charge in [0.2, 0.25) is 5.82 Å². The molecule has 3 aromatic rings. The molecule has 1 aliphatic rings. The van der Waals surface area contributed by atoms with E-state index in [9.17, 15) is 18.3 Å². The molecule has 2 aromatic carbocycles. The molecule has 3 N–H and O–H groups in total. The van der Waals surface area contributed by atoms with Crippen molar-refractivity contribution in [2.24, 2.45) is 5.73 Å². The molecule has 2 heterocycles. The van der Waals surface area contributed by atoms with Crippen LogP contribution in [0.25, 0.3) is 17.1 Å². The number of sulfone groups is 1. The van der Waals surface area contributed by atoms with E-state index in [1.807, 2.05) is 0 Å². The van der Waals surface area contributed by atoms with E-state index in [1.165, 1.54) is 23.8 Å². The van der Waals surface area contributed by atoms with Gasteiger partial charge < -0.3 is 15.6 Å². The Kier molecular flexibility index (Phi) is 4.07. The number of methoxy groups -OCH3 is 1. The van der Waals surface area contributed by atoms with Crippen molar-refractivity contribution in [2.75, 3.05) is 12.9 Å². The standard InChI is InChI=1S/C18H16N4O5S/c1-27-11-4-2-10(3-5-11)22-17(20-21-18(22)16(19)24)13-6-7-14-12(15(13)23)8-9-28(14,25)26/h2-7,23H,8-9H2,1H3,(H2,19,24). The third-order valence-electron chi connectivity index (χ3n) is 4.65. The molecule has 1 aromatic heterocycles. The van der Waals surface area contributed by atoms with Crippen LogP contribution in [0.3, 0.4) is 0 Å². The molecule has 0 radical (unpaired) electrons. The second-order valence-corrected chi connectivity index (χ2v) is 8.33. The van der Waals surface area contributed by atoms with Gasteiger partial charge in [0.1, 0.15) is 11.5 Å². The number of benzene rings is 2. The van der Waals surface area contributed by atoms with Gasteiger partial charge in [-0.25, -0.2) is 8.42 Å². The predicted octanol–water partition coefficient (Wildman–Crippen LogP) is 1.08. The van der Waals surface area contributed by atoms with Crippen LogP contribution >= 0.6 is 0 Å². The number of fused-ring (bicyclic) bond motifs is 1. The van der Waals surface area contributed by atoms with Gasteiger partial charge in [0.25, 0.3) is 5.91 Å². The van der Waals surface area contributed by atoms with Gasteiger partial charge >= 0.3 is 0 Å². The number of ether oxygens (including phenoxy) is 1. The maximum Gasteiger partial charge on any atom is 0.287 e. The summed E-state index contributed by atoms with van der Waals surface area (Å²) in [5, 5.41) is 18.6. The van der Waals surface area contributed by atoms with Crippen molar-refractivity contribution in [1.29, 1.82) is 0 Å². The Hall–Kier alpha value is -3.40. The fourth-order valence-corrected chi connectivity index (χ4v) is 4.81. The number of nitrogens with zero attached hydrogens (tertiary/aromatic N) is 3. The van der Waals surface area contributed by atoms with Crippen molar-refractivity contribution in [2.45, 2.75) is 11.3 Å². The third kappa shape index (κ3) is 2.69. The van der Waals surface area contributed by atoms with Crippen LogP contribution in [0, 0.1) is 0 Å². The van der Waals surface area contributed by atoms with Crippen LogP contribution in [0.4, 0.5) is 0 Å². The van der Waals surface area contributed by atoms with Crippen molar-refractivity contribution in [3.05, 3.63) is 47.8 Å². The second-order valence-electron chi connectivity index (χ2n) is 6.25. The molecule has 0 unspecified atom stereocenters. The molecule has 0 saturated carbocycles. The highest BCUT2D eigenvalue weighted by Crippen LogP contribution is 2.40.